The molecule has 6 heteroatoms. The first-order chi connectivity index (χ1) is 20.7. The standard InChI is InChI=1S/C36H20N6/c37-19-24-17-23(25-21-39-36(20-38)40-22-25)13-16-31(24)42-34-12-6-3-9-29(34)30-15-14-26(18-35(30)42)41-32-10-4-1-7-27(32)28-8-2-5-11-33(28)41/h1-18,21-22H. The number of aromatic nitrogens is 4. The van der Waals surface area contributed by atoms with Gasteiger partial charge in [0, 0.05) is 45.2 Å². The van der Waals surface area contributed by atoms with Crippen molar-refractivity contribution in [3.05, 3.63) is 133 Å². The van der Waals surface area contributed by atoms with Crippen molar-refractivity contribution >= 4 is 43.6 Å². The third kappa shape index (κ3) is 3.43. The Bertz CT molecular complexity index is 2380. The highest BCUT2D eigenvalue weighted by Gasteiger charge is 2.18. The lowest BCUT2D eigenvalue weighted by Crippen LogP contribution is -2.00. The van der Waals surface area contributed by atoms with Crippen LogP contribution in [0, 0.1) is 22.7 Å². The van der Waals surface area contributed by atoms with Crippen LogP contribution in [0.3, 0.4) is 0 Å². The van der Waals surface area contributed by atoms with Crippen molar-refractivity contribution in [1.29, 1.82) is 10.5 Å². The van der Waals surface area contributed by atoms with Gasteiger partial charge in [-0.15, -0.1) is 0 Å². The van der Waals surface area contributed by atoms with E-state index in [1.54, 1.807) is 12.4 Å². The number of nitrogens with zero attached hydrogens (tertiary/aromatic N) is 6. The minimum atomic E-state index is 0.111. The van der Waals surface area contributed by atoms with Gasteiger partial charge in [-0.25, -0.2) is 9.97 Å². The Labute approximate surface area is 240 Å². The monoisotopic (exact) mass is 536 g/mol. The summed E-state index contributed by atoms with van der Waals surface area (Å²) in [6.07, 6.45) is 3.22. The first-order valence-corrected chi connectivity index (χ1v) is 13.5. The molecule has 0 atom stereocenters. The van der Waals surface area contributed by atoms with Crippen LogP contribution in [0.5, 0.6) is 0 Å². The fraction of sp³-hybridized carbons (Fsp3) is 0. The maximum Gasteiger partial charge on any atom is 0.232 e. The molecule has 8 aromatic rings. The summed E-state index contributed by atoms with van der Waals surface area (Å²) in [7, 11) is 0. The zero-order valence-corrected chi connectivity index (χ0v) is 22.2. The molecule has 0 spiro atoms. The third-order valence-corrected chi connectivity index (χ3v) is 7.94. The fourth-order valence-corrected chi connectivity index (χ4v) is 6.09. The molecular weight excluding hydrogens is 516 g/mol. The normalized spacial score (nSPS) is 11.3. The molecule has 0 fully saturated rings. The van der Waals surface area contributed by atoms with Gasteiger partial charge in [0.2, 0.25) is 5.82 Å². The molecular formula is C36H20N6. The molecule has 0 radical (unpaired) electrons. The maximum atomic E-state index is 10.3. The van der Waals surface area contributed by atoms with Crippen LogP contribution in [0.4, 0.5) is 0 Å². The van der Waals surface area contributed by atoms with Gasteiger partial charge in [0.25, 0.3) is 0 Å². The molecule has 5 aromatic carbocycles. The van der Waals surface area contributed by atoms with Crippen LogP contribution in [0.2, 0.25) is 0 Å². The molecule has 0 unspecified atom stereocenters. The first kappa shape index (κ1) is 23.6. The van der Waals surface area contributed by atoms with Gasteiger partial charge in [0.05, 0.1) is 33.3 Å². The third-order valence-electron chi connectivity index (χ3n) is 7.94. The second-order valence-corrected chi connectivity index (χ2v) is 10.2. The Morgan fingerprint density at radius 1 is 0.500 bits per heavy atom. The van der Waals surface area contributed by atoms with Gasteiger partial charge in [0.1, 0.15) is 12.1 Å². The van der Waals surface area contributed by atoms with Crippen LogP contribution in [0.15, 0.2) is 122 Å². The molecule has 6 nitrogen and oxygen atoms in total. The second-order valence-electron chi connectivity index (χ2n) is 10.2. The summed E-state index contributed by atoms with van der Waals surface area (Å²) in [5.41, 5.74) is 8.26. The van der Waals surface area contributed by atoms with E-state index in [9.17, 15) is 5.26 Å². The minimum Gasteiger partial charge on any atom is -0.309 e. The summed E-state index contributed by atoms with van der Waals surface area (Å²) < 4.78 is 4.49. The van der Waals surface area contributed by atoms with Crippen molar-refractivity contribution in [2.24, 2.45) is 0 Å². The average Bonchev–Trinajstić information content (AvgIpc) is 3.57. The number of hydrogen-bond acceptors (Lipinski definition) is 4. The van der Waals surface area contributed by atoms with Crippen molar-refractivity contribution in [3.63, 3.8) is 0 Å². The van der Waals surface area contributed by atoms with Gasteiger partial charge in [0.15, 0.2) is 0 Å². The minimum absolute atomic E-state index is 0.111. The maximum absolute atomic E-state index is 10.3. The number of hydrogen-bond donors (Lipinski definition) is 0. The van der Waals surface area contributed by atoms with Crippen LogP contribution in [0.1, 0.15) is 11.4 Å². The zero-order chi connectivity index (χ0) is 28.2. The van der Waals surface area contributed by atoms with Crippen molar-refractivity contribution < 1.29 is 0 Å². The molecule has 0 saturated carbocycles. The van der Waals surface area contributed by atoms with E-state index in [2.05, 4.69) is 104 Å². The van der Waals surface area contributed by atoms with E-state index in [0.717, 1.165) is 55.3 Å². The van der Waals surface area contributed by atoms with Gasteiger partial charge < -0.3 is 9.13 Å². The van der Waals surface area contributed by atoms with E-state index in [-0.39, 0.29) is 5.82 Å². The Kier molecular flexibility index (Phi) is 5.15. The highest BCUT2D eigenvalue weighted by atomic mass is 15.0. The predicted octanol–water partition coefficient (Wildman–Crippen LogP) is 8.08. The Balaban J connectivity index is 1.39. The molecule has 0 bridgehead atoms. The Morgan fingerprint density at radius 3 is 1.67 bits per heavy atom. The zero-order valence-electron chi connectivity index (χ0n) is 22.2. The van der Waals surface area contributed by atoms with Gasteiger partial charge in [-0.1, -0.05) is 66.7 Å². The lowest BCUT2D eigenvalue weighted by atomic mass is 10.0. The molecule has 8 rings (SSSR count). The Morgan fingerprint density at radius 2 is 1.07 bits per heavy atom. The van der Waals surface area contributed by atoms with E-state index >= 15 is 0 Å². The Hall–Kier alpha value is -6.24. The van der Waals surface area contributed by atoms with Crippen LogP contribution in [-0.2, 0) is 0 Å². The number of nitriles is 2. The molecule has 0 aliphatic rings. The highest BCUT2D eigenvalue weighted by molar-refractivity contribution is 6.12. The van der Waals surface area contributed by atoms with Gasteiger partial charge in [-0.3, -0.25) is 0 Å². The van der Waals surface area contributed by atoms with Crippen molar-refractivity contribution in [2.75, 3.05) is 0 Å². The number of para-hydroxylation sites is 3. The van der Waals surface area contributed by atoms with Gasteiger partial charge in [-0.2, -0.15) is 10.5 Å². The molecule has 42 heavy (non-hydrogen) atoms. The van der Waals surface area contributed by atoms with E-state index in [1.807, 2.05) is 36.4 Å². The summed E-state index contributed by atoms with van der Waals surface area (Å²) in [4.78, 5) is 8.20. The summed E-state index contributed by atoms with van der Waals surface area (Å²) >= 11 is 0. The van der Waals surface area contributed by atoms with Crippen LogP contribution in [-0.4, -0.2) is 19.1 Å². The second kappa shape index (κ2) is 9.16. The molecule has 0 aliphatic heterocycles. The smallest absolute Gasteiger partial charge is 0.232 e. The fourth-order valence-electron chi connectivity index (χ4n) is 6.09. The molecule has 194 valence electrons. The lowest BCUT2D eigenvalue weighted by molar-refractivity contribution is 1.11. The lowest BCUT2D eigenvalue weighted by Gasteiger charge is -2.13. The first-order valence-electron chi connectivity index (χ1n) is 13.5. The average molecular weight is 537 g/mol. The van der Waals surface area contributed by atoms with E-state index in [0.29, 0.717) is 5.56 Å². The summed E-state index contributed by atoms with van der Waals surface area (Å²) in [6.45, 7) is 0. The predicted molar refractivity (Wildman–Crippen MR) is 166 cm³/mol. The SMILES string of the molecule is N#Cc1ncc(-c2ccc(-n3c4ccccc4c4ccc(-n5c6ccccc6c6ccccc65)cc43)c(C#N)c2)cn1. The topological polar surface area (TPSA) is 83.2 Å². The van der Waals surface area contributed by atoms with Gasteiger partial charge >= 0.3 is 0 Å². The van der Waals surface area contributed by atoms with Gasteiger partial charge in [-0.05, 0) is 48.0 Å². The largest absolute Gasteiger partial charge is 0.309 e. The molecule has 0 N–H and O–H groups in total. The molecule has 0 amide bonds. The molecule has 0 aliphatic carbocycles. The van der Waals surface area contributed by atoms with Crippen molar-refractivity contribution in [2.45, 2.75) is 0 Å². The quantitative estimate of drug-likeness (QED) is 0.228. The highest BCUT2D eigenvalue weighted by Crippen LogP contribution is 2.37. The van der Waals surface area contributed by atoms with Crippen LogP contribution >= 0.6 is 0 Å². The van der Waals surface area contributed by atoms with Crippen LogP contribution in [0.25, 0.3) is 66.1 Å². The van der Waals surface area contributed by atoms with E-state index in [1.165, 1.54) is 10.8 Å². The summed E-state index contributed by atoms with van der Waals surface area (Å²) in [5.74, 6) is 0.111. The summed E-state index contributed by atoms with van der Waals surface area (Å²) in [6, 6.07) is 42.0. The van der Waals surface area contributed by atoms with Crippen molar-refractivity contribution in [3.8, 4) is 34.6 Å². The number of rotatable bonds is 3. The molecule has 0 saturated heterocycles. The summed E-state index contributed by atoms with van der Waals surface area (Å²) in [5, 5.41) is 24.0. The van der Waals surface area contributed by atoms with E-state index in [4.69, 9.17) is 5.26 Å². The number of fused-ring (bicyclic) bond motifs is 6. The molecule has 3 heterocycles. The van der Waals surface area contributed by atoms with E-state index < -0.39 is 0 Å². The molecule has 3 aromatic heterocycles. The number of benzene rings is 5. The van der Waals surface area contributed by atoms with Crippen molar-refractivity contribution in [1.82, 2.24) is 19.1 Å². The van der Waals surface area contributed by atoms with Crippen LogP contribution < -0.4 is 0 Å².